The lowest BCUT2D eigenvalue weighted by atomic mass is 9.80. The number of esters is 1. The molecule has 1 saturated heterocycles. The van der Waals surface area contributed by atoms with Crippen LogP contribution >= 0.6 is 0 Å². The molecule has 0 unspecified atom stereocenters. The molecule has 1 N–H and O–H groups in total. The Morgan fingerprint density at radius 2 is 2.23 bits per heavy atom. The van der Waals surface area contributed by atoms with Crippen molar-refractivity contribution in [1.82, 2.24) is 9.88 Å². The second kappa shape index (κ2) is 6.40. The molecule has 5 nitrogen and oxygen atoms in total. The number of H-pyrrole nitrogens is 1. The van der Waals surface area contributed by atoms with Crippen molar-refractivity contribution in [2.45, 2.75) is 31.7 Å². The number of fused-ring (bicyclic) bond motifs is 5. The maximum absolute atomic E-state index is 13.1. The molecule has 26 heavy (non-hydrogen) atoms. The Morgan fingerprint density at radius 1 is 1.42 bits per heavy atom. The Balaban J connectivity index is 1.88. The molecule has 3 heterocycles. The van der Waals surface area contributed by atoms with Crippen LogP contribution in [0.2, 0.25) is 0 Å². The average Bonchev–Trinajstić information content (AvgIpc) is 3.23. The SMILES string of the molecule is CC/C(C=O)=C/[C@@H]1CN2CCc3[nH]c4ccccc4c3[C@@]2(C(=O)OC)C1. The number of allylic oxidation sites excluding steroid dienone is 1. The van der Waals surface area contributed by atoms with Gasteiger partial charge in [0.1, 0.15) is 11.8 Å². The summed E-state index contributed by atoms with van der Waals surface area (Å²) in [5.74, 6) is -0.0443. The van der Waals surface area contributed by atoms with Gasteiger partial charge >= 0.3 is 5.97 Å². The summed E-state index contributed by atoms with van der Waals surface area (Å²) in [6.07, 6.45) is 5.21. The number of nitrogens with zero attached hydrogens (tertiary/aromatic N) is 1. The second-order valence-corrected chi connectivity index (χ2v) is 7.25. The summed E-state index contributed by atoms with van der Waals surface area (Å²) in [4.78, 5) is 30.1. The van der Waals surface area contributed by atoms with Gasteiger partial charge in [0.15, 0.2) is 0 Å². The van der Waals surface area contributed by atoms with Gasteiger partial charge in [0.05, 0.1) is 7.11 Å². The summed E-state index contributed by atoms with van der Waals surface area (Å²) in [5.41, 5.74) is 3.28. The summed E-state index contributed by atoms with van der Waals surface area (Å²) >= 11 is 0. The minimum absolute atomic E-state index is 0.161. The van der Waals surface area contributed by atoms with Crippen LogP contribution in [0.25, 0.3) is 10.9 Å². The standard InChI is InChI=1S/C21H24N2O3/c1-3-14(13-24)10-15-11-21(20(25)26-2)19-16-6-4-5-7-17(16)22-18(19)8-9-23(21)12-15/h4-7,10,13,15,22H,3,8-9,11-12H2,1-2H3/b14-10-/t15-,21+/m0/s1. The molecule has 0 saturated carbocycles. The second-order valence-electron chi connectivity index (χ2n) is 7.25. The maximum atomic E-state index is 13.1. The molecule has 0 aliphatic carbocycles. The number of hydrogen-bond acceptors (Lipinski definition) is 4. The normalized spacial score (nSPS) is 25.8. The molecule has 1 aromatic carbocycles. The molecule has 0 radical (unpaired) electrons. The number of methoxy groups -OCH3 is 1. The molecule has 1 fully saturated rings. The molecule has 1 aromatic heterocycles. The van der Waals surface area contributed by atoms with Gasteiger partial charge in [-0.15, -0.1) is 0 Å². The van der Waals surface area contributed by atoms with Crippen LogP contribution < -0.4 is 0 Å². The quantitative estimate of drug-likeness (QED) is 0.522. The van der Waals surface area contributed by atoms with Crippen LogP contribution in [0.5, 0.6) is 0 Å². The first kappa shape index (κ1) is 17.0. The lowest BCUT2D eigenvalue weighted by molar-refractivity contribution is -0.155. The molecular formula is C21H24N2O3. The molecule has 0 amide bonds. The molecule has 0 bridgehead atoms. The van der Waals surface area contributed by atoms with Crippen LogP contribution in [-0.4, -0.2) is 42.3 Å². The van der Waals surface area contributed by atoms with E-state index in [0.29, 0.717) is 12.8 Å². The number of carbonyl (C=O) groups excluding carboxylic acids is 2. The van der Waals surface area contributed by atoms with Gasteiger partial charge in [-0.05, 0) is 30.4 Å². The highest BCUT2D eigenvalue weighted by molar-refractivity contribution is 5.94. The van der Waals surface area contributed by atoms with E-state index in [2.05, 4.69) is 22.0 Å². The zero-order chi connectivity index (χ0) is 18.3. The summed E-state index contributed by atoms with van der Waals surface area (Å²) in [5, 5.41) is 1.09. The number of nitrogens with one attached hydrogen (secondary N) is 1. The Bertz CT molecular complexity index is 898. The van der Waals surface area contributed by atoms with Crippen molar-refractivity contribution >= 4 is 23.2 Å². The predicted molar refractivity (Wildman–Crippen MR) is 99.8 cm³/mol. The molecule has 2 aliphatic rings. The molecule has 2 atom stereocenters. The number of benzene rings is 1. The monoisotopic (exact) mass is 352 g/mol. The van der Waals surface area contributed by atoms with Gasteiger partial charge in [-0.3, -0.25) is 9.69 Å². The number of ether oxygens (including phenoxy) is 1. The van der Waals surface area contributed by atoms with Crippen LogP contribution in [0.1, 0.15) is 31.0 Å². The molecule has 0 spiro atoms. The highest BCUT2D eigenvalue weighted by Gasteiger charge is 2.56. The molecule has 136 valence electrons. The third kappa shape index (κ3) is 2.34. The van der Waals surface area contributed by atoms with Gasteiger partial charge in [0, 0.05) is 41.7 Å². The number of rotatable bonds is 4. The maximum Gasteiger partial charge on any atom is 0.331 e. The number of carbonyl (C=O) groups is 2. The van der Waals surface area contributed by atoms with Crippen LogP contribution in [0, 0.1) is 5.92 Å². The van der Waals surface area contributed by atoms with E-state index in [1.807, 2.05) is 25.1 Å². The van der Waals surface area contributed by atoms with Gasteiger partial charge in [0.2, 0.25) is 0 Å². The number of aromatic nitrogens is 1. The third-order valence-electron chi connectivity index (χ3n) is 5.91. The van der Waals surface area contributed by atoms with Crippen molar-refractivity contribution < 1.29 is 14.3 Å². The van der Waals surface area contributed by atoms with Crippen molar-refractivity contribution in [1.29, 1.82) is 0 Å². The fraction of sp³-hybridized carbons (Fsp3) is 0.429. The average molecular weight is 352 g/mol. The minimum atomic E-state index is -0.773. The first-order valence-corrected chi connectivity index (χ1v) is 9.23. The Morgan fingerprint density at radius 3 is 2.96 bits per heavy atom. The van der Waals surface area contributed by atoms with Gasteiger partial charge in [0.25, 0.3) is 0 Å². The topological polar surface area (TPSA) is 62.4 Å². The summed E-state index contributed by atoms with van der Waals surface area (Å²) in [6.45, 7) is 3.56. The Labute approximate surface area is 153 Å². The highest BCUT2D eigenvalue weighted by Crippen LogP contribution is 2.49. The summed E-state index contributed by atoms with van der Waals surface area (Å²) < 4.78 is 5.29. The summed E-state index contributed by atoms with van der Waals surface area (Å²) in [7, 11) is 1.46. The smallest absolute Gasteiger partial charge is 0.331 e. The molecule has 2 aromatic rings. The van der Waals surface area contributed by atoms with E-state index >= 15 is 0 Å². The van der Waals surface area contributed by atoms with E-state index in [0.717, 1.165) is 53.5 Å². The van der Waals surface area contributed by atoms with E-state index in [1.54, 1.807) is 0 Å². The molecule has 5 heteroatoms. The van der Waals surface area contributed by atoms with E-state index in [4.69, 9.17) is 4.74 Å². The highest BCUT2D eigenvalue weighted by atomic mass is 16.5. The first-order valence-electron chi connectivity index (χ1n) is 9.23. The van der Waals surface area contributed by atoms with E-state index < -0.39 is 5.54 Å². The predicted octanol–water partition coefficient (Wildman–Crippen LogP) is 2.95. The van der Waals surface area contributed by atoms with Crippen molar-refractivity contribution in [2.75, 3.05) is 20.2 Å². The van der Waals surface area contributed by atoms with Gasteiger partial charge in [-0.25, -0.2) is 4.79 Å². The number of para-hydroxylation sites is 1. The van der Waals surface area contributed by atoms with Gasteiger partial charge in [-0.1, -0.05) is 31.2 Å². The lowest BCUT2D eigenvalue weighted by Gasteiger charge is -2.40. The van der Waals surface area contributed by atoms with Crippen molar-refractivity contribution in [3.05, 3.63) is 47.2 Å². The fourth-order valence-corrected chi connectivity index (χ4v) is 4.80. The molecule has 2 aliphatic heterocycles. The van der Waals surface area contributed by atoms with Crippen molar-refractivity contribution in [2.24, 2.45) is 5.92 Å². The summed E-state index contributed by atoms with van der Waals surface area (Å²) in [6, 6.07) is 8.14. The van der Waals surface area contributed by atoms with Gasteiger partial charge in [-0.2, -0.15) is 0 Å². The zero-order valence-electron chi connectivity index (χ0n) is 15.2. The Hall–Kier alpha value is -2.40. The van der Waals surface area contributed by atoms with Crippen LogP contribution in [0.15, 0.2) is 35.9 Å². The number of aromatic amines is 1. The Kier molecular flexibility index (Phi) is 4.19. The van der Waals surface area contributed by atoms with Gasteiger partial charge < -0.3 is 9.72 Å². The van der Waals surface area contributed by atoms with Crippen LogP contribution in [0.3, 0.4) is 0 Å². The third-order valence-corrected chi connectivity index (χ3v) is 5.91. The molecule has 4 rings (SSSR count). The largest absolute Gasteiger partial charge is 0.467 e. The fourth-order valence-electron chi connectivity index (χ4n) is 4.80. The zero-order valence-corrected chi connectivity index (χ0v) is 15.2. The lowest BCUT2D eigenvalue weighted by Crippen LogP contribution is -2.52. The first-order chi connectivity index (χ1) is 12.6. The molecular weight excluding hydrogens is 328 g/mol. The number of aldehydes is 1. The van der Waals surface area contributed by atoms with Crippen LogP contribution in [-0.2, 0) is 26.3 Å². The van der Waals surface area contributed by atoms with E-state index in [1.165, 1.54) is 7.11 Å². The van der Waals surface area contributed by atoms with E-state index in [-0.39, 0.29) is 11.9 Å². The van der Waals surface area contributed by atoms with Crippen molar-refractivity contribution in [3.8, 4) is 0 Å². The van der Waals surface area contributed by atoms with Crippen LogP contribution in [0.4, 0.5) is 0 Å². The number of hydrogen-bond donors (Lipinski definition) is 1. The van der Waals surface area contributed by atoms with Crippen molar-refractivity contribution in [3.63, 3.8) is 0 Å². The minimum Gasteiger partial charge on any atom is -0.467 e. The van der Waals surface area contributed by atoms with E-state index in [9.17, 15) is 9.59 Å².